The van der Waals surface area contributed by atoms with Crippen LogP contribution in [0.5, 0.6) is 11.5 Å². The number of halogens is 1. The molecule has 1 aromatic carbocycles. The van der Waals surface area contributed by atoms with E-state index in [1.807, 2.05) is 12.1 Å². The molecule has 0 radical (unpaired) electrons. The van der Waals surface area contributed by atoms with Crippen molar-refractivity contribution < 1.29 is 9.47 Å². The Morgan fingerprint density at radius 1 is 1.19 bits per heavy atom. The molecule has 0 aliphatic carbocycles. The highest BCUT2D eigenvalue weighted by molar-refractivity contribution is 6.35. The van der Waals surface area contributed by atoms with Crippen LogP contribution in [0, 0.1) is 0 Å². The lowest BCUT2D eigenvalue weighted by Crippen LogP contribution is -2.03. The predicted molar refractivity (Wildman–Crippen MR) is 84.4 cm³/mol. The molecule has 0 atom stereocenters. The van der Waals surface area contributed by atoms with E-state index in [4.69, 9.17) is 21.1 Å². The number of nitrogens with zero attached hydrogens (tertiary/aromatic N) is 2. The van der Waals surface area contributed by atoms with Gasteiger partial charge in [0.05, 0.1) is 19.2 Å². The molecule has 5 nitrogen and oxygen atoms in total. The van der Waals surface area contributed by atoms with Crippen LogP contribution in [0.2, 0.25) is 5.02 Å². The highest BCUT2D eigenvalue weighted by Gasteiger charge is 2.16. The molecule has 0 amide bonds. The zero-order valence-corrected chi connectivity index (χ0v) is 13.1. The number of hydrogen-bond donors (Lipinski definition) is 1. The van der Waals surface area contributed by atoms with Gasteiger partial charge in [-0.2, -0.15) is 0 Å². The van der Waals surface area contributed by atoms with Crippen molar-refractivity contribution in [2.75, 3.05) is 26.1 Å². The number of rotatable bonds is 6. The van der Waals surface area contributed by atoms with Crippen molar-refractivity contribution in [3.63, 3.8) is 0 Å². The minimum absolute atomic E-state index is 0.435. The smallest absolute Gasteiger partial charge is 0.180 e. The standard InChI is InChI=1S/C15H18ClN3O2/c1-4-8-17-12-7-9-18-15(19-12)10-5-6-11(20-2)14(21-3)13(10)16/h5-7,9H,4,8H2,1-3H3,(H,17,18,19). The lowest BCUT2D eigenvalue weighted by atomic mass is 10.2. The van der Waals surface area contributed by atoms with Crippen LogP contribution in [0.4, 0.5) is 5.82 Å². The fraction of sp³-hybridized carbons (Fsp3) is 0.333. The van der Waals surface area contributed by atoms with E-state index in [0.29, 0.717) is 27.9 Å². The van der Waals surface area contributed by atoms with E-state index in [9.17, 15) is 0 Å². The van der Waals surface area contributed by atoms with Crippen molar-refractivity contribution in [3.8, 4) is 22.9 Å². The Balaban J connectivity index is 2.42. The van der Waals surface area contributed by atoms with Gasteiger partial charge in [0.2, 0.25) is 0 Å². The van der Waals surface area contributed by atoms with Crippen LogP contribution in [0.25, 0.3) is 11.4 Å². The summed E-state index contributed by atoms with van der Waals surface area (Å²) in [5, 5.41) is 3.66. The normalized spacial score (nSPS) is 10.3. The third-order valence-corrected chi connectivity index (χ3v) is 3.31. The van der Waals surface area contributed by atoms with Gasteiger partial charge in [-0.05, 0) is 24.6 Å². The molecule has 2 aromatic rings. The first-order valence-corrected chi connectivity index (χ1v) is 7.06. The number of benzene rings is 1. The molecule has 1 N–H and O–H groups in total. The fourth-order valence-electron chi connectivity index (χ4n) is 1.90. The van der Waals surface area contributed by atoms with Crippen LogP contribution in [-0.2, 0) is 0 Å². The molecule has 0 saturated heterocycles. The Hall–Kier alpha value is -2.01. The Bertz CT molecular complexity index is 620. The first-order valence-electron chi connectivity index (χ1n) is 6.69. The molecule has 0 fully saturated rings. The van der Waals surface area contributed by atoms with E-state index >= 15 is 0 Å². The third-order valence-electron chi connectivity index (χ3n) is 2.94. The van der Waals surface area contributed by atoms with Gasteiger partial charge in [-0.1, -0.05) is 18.5 Å². The van der Waals surface area contributed by atoms with E-state index in [2.05, 4.69) is 22.2 Å². The number of ether oxygens (including phenoxy) is 2. The maximum Gasteiger partial charge on any atom is 0.180 e. The van der Waals surface area contributed by atoms with E-state index in [-0.39, 0.29) is 0 Å². The summed E-state index contributed by atoms with van der Waals surface area (Å²) in [4.78, 5) is 8.75. The summed E-state index contributed by atoms with van der Waals surface area (Å²) >= 11 is 6.38. The molecule has 1 aromatic heterocycles. The maximum absolute atomic E-state index is 6.38. The minimum Gasteiger partial charge on any atom is -0.493 e. The molecule has 112 valence electrons. The first kappa shape index (κ1) is 15.4. The average Bonchev–Trinajstić information content (AvgIpc) is 2.52. The second-order valence-corrected chi connectivity index (χ2v) is 4.73. The summed E-state index contributed by atoms with van der Waals surface area (Å²) < 4.78 is 10.5. The number of methoxy groups -OCH3 is 2. The summed E-state index contributed by atoms with van der Waals surface area (Å²) in [6.45, 7) is 2.95. The van der Waals surface area contributed by atoms with Crippen molar-refractivity contribution in [1.82, 2.24) is 9.97 Å². The molecule has 0 aliphatic rings. The van der Waals surface area contributed by atoms with Crippen molar-refractivity contribution in [1.29, 1.82) is 0 Å². The summed E-state index contributed by atoms with van der Waals surface area (Å²) in [6.07, 6.45) is 2.73. The van der Waals surface area contributed by atoms with Crippen LogP contribution in [0.3, 0.4) is 0 Å². The van der Waals surface area contributed by atoms with Crippen LogP contribution < -0.4 is 14.8 Å². The zero-order valence-electron chi connectivity index (χ0n) is 12.3. The molecule has 0 unspecified atom stereocenters. The fourth-order valence-corrected chi connectivity index (χ4v) is 2.22. The quantitative estimate of drug-likeness (QED) is 0.883. The van der Waals surface area contributed by atoms with Crippen LogP contribution in [0.1, 0.15) is 13.3 Å². The maximum atomic E-state index is 6.38. The number of aromatic nitrogens is 2. The monoisotopic (exact) mass is 307 g/mol. The first-order chi connectivity index (χ1) is 10.2. The lowest BCUT2D eigenvalue weighted by Gasteiger charge is -2.12. The molecular formula is C15H18ClN3O2. The molecule has 0 spiro atoms. The van der Waals surface area contributed by atoms with Gasteiger partial charge in [-0.15, -0.1) is 0 Å². The van der Waals surface area contributed by atoms with E-state index in [1.54, 1.807) is 26.5 Å². The Morgan fingerprint density at radius 2 is 2.00 bits per heavy atom. The molecule has 0 saturated carbocycles. The van der Waals surface area contributed by atoms with E-state index in [1.165, 1.54) is 0 Å². The van der Waals surface area contributed by atoms with Crippen molar-refractivity contribution in [2.24, 2.45) is 0 Å². The second-order valence-electron chi connectivity index (χ2n) is 4.35. The number of anilines is 1. The number of hydrogen-bond acceptors (Lipinski definition) is 5. The molecule has 21 heavy (non-hydrogen) atoms. The van der Waals surface area contributed by atoms with Gasteiger partial charge in [0.1, 0.15) is 5.82 Å². The average molecular weight is 308 g/mol. The van der Waals surface area contributed by atoms with Gasteiger partial charge in [-0.3, -0.25) is 0 Å². The lowest BCUT2D eigenvalue weighted by molar-refractivity contribution is 0.355. The van der Waals surface area contributed by atoms with Gasteiger partial charge >= 0.3 is 0 Å². The zero-order chi connectivity index (χ0) is 15.2. The highest BCUT2D eigenvalue weighted by Crippen LogP contribution is 2.40. The van der Waals surface area contributed by atoms with Crippen LogP contribution >= 0.6 is 11.6 Å². The summed E-state index contributed by atoms with van der Waals surface area (Å²) in [7, 11) is 3.12. The topological polar surface area (TPSA) is 56.3 Å². The molecular weight excluding hydrogens is 290 g/mol. The largest absolute Gasteiger partial charge is 0.493 e. The van der Waals surface area contributed by atoms with Gasteiger partial charge in [0, 0.05) is 18.3 Å². The summed E-state index contributed by atoms with van der Waals surface area (Å²) in [6, 6.07) is 5.44. The van der Waals surface area contributed by atoms with Gasteiger partial charge in [0.15, 0.2) is 17.3 Å². The second kappa shape index (κ2) is 7.13. The van der Waals surface area contributed by atoms with Crippen molar-refractivity contribution in [3.05, 3.63) is 29.4 Å². The Kier molecular flexibility index (Phi) is 5.22. The minimum atomic E-state index is 0.435. The SMILES string of the molecule is CCCNc1ccnc(-c2ccc(OC)c(OC)c2Cl)n1. The summed E-state index contributed by atoms with van der Waals surface area (Å²) in [5.41, 5.74) is 0.703. The highest BCUT2D eigenvalue weighted by atomic mass is 35.5. The van der Waals surface area contributed by atoms with Crippen LogP contribution in [-0.4, -0.2) is 30.7 Å². The van der Waals surface area contributed by atoms with Crippen LogP contribution in [0.15, 0.2) is 24.4 Å². The molecule has 2 rings (SSSR count). The van der Waals surface area contributed by atoms with Crippen molar-refractivity contribution >= 4 is 17.4 Å². The number of nitrogens with one attached hydrogen (secondary N) is 1. The van der Waals surface area contributed by atoms with Gasteiger partial charge in [0.25, 0.3) is 0 Å². The van der Waals surface area contributed by atoms with Gasteiger partial charge in [-0.25, -0.2) is 9.97 Å². The summed E-state index contributed by atoms with van der Waals surface area (Å²) in [5.74, 6) is 2.37. The molecule has 1 heterocycles. The Labute approximate surface area is 129 Å². The Morgan fingerprint density at radius 3 is 2.67 bits per heavy atom. The van der Waals surface area contributed by atoms with E-state index < -0.39 is 0 Å². The van der Waals surface area contributed by atoms with Gasteiger partial charge < -0.3 is 14.8 Å². The molecule has 0 bridgehead atoms. The molecule has 6 heteroatoms. The van der Waals surface area contributed by atoms with Crippen molar-refractivity contribution in [2.45, 2.75) is 13.3 Å². The third kappa shape index (κ3) is 3.36. The van der Waals surface area contributed by atoms with E-state index in [0.717, 1.165) is 18.8 Å². The predicted octanol–water partition coefficient (Wildman–Crippen LogP) is 3.64. The molecule has 0 aliphatic heterocycles.